The van der Waals surface area contributed by atoms with Crippen molar-refractivity contribution in [2.75, 3.05) is 0 Å². The van der Waals surface area contributed by atoms with Crippen molar-refractivity contribution in [1.29, 1.82) is 0 Å². The molecule has 1 heterocycles. The molecule has 13 heavy (non-hydrogen) atoms. The van der Waals surface area contributed by atoms with E-state index in [1.54, 1.807) is 0 Å². The number of nitrogens with zero attached hydrogens (tertiary/aromatic N) is 2. The van der Waals surface area contributed by atoms with Crippen LogP contribution in [0.2, 0.25) is 0 Å². The Morgan fingerprint density at radius 3 is 2.69 bits per heavy atom. The van der Waals surface area contributed by atoms with Gasteiger partial charge in [0.05, 0.1) is 15.9 Å². The summed E-state index contributed by atoms with van der Waals surface area (Å²) in [6.45, 7) is 6.99. The lowest BCUT2D eigenvalue weighted by atomic mass is 10.2. The van der Waals surface area contributed by atoms with Crippen molar-refractivity contribution in [1.82, 2.24) is 9.78 Å². The number of nitrogens with two attached hydrogens (primary N) is 1. The van der Waals surface area contributed by atoms with Crippen LogP contribution in [0.3, 0.4) is 0 Å². The molecule has 2 N–H and O–H groups in total. The average Bonchev–Trinajstić information content (AvgIpc) is 2.31. The topological polar surface area (TPSA) is 43.8 Å². The van der Waals surface area contributed by atoms with Gasteiger partial charge >= 0.3 is 0 Å². The molecule has 1 aromatic rings. The molecule has 0 saturated heterocycles. The molecular weight excluding hydrogens is 230 g/mol. The Bertz CT molecular complexity index is 291. The lowest BCUT2D eigenvalue weighted by Crippen LogP contribution is -2.20. The van der Waals surface area contributed by atoms with E-state index in [1.807, 2.05) is 18.5 Å². The van der Waals surface area contributed by atoms with Crippen LogP contribution in [0, 0.1) is 6.92 Å². The zero-order chi connectivity index (χ0) is 10.0. The summed E-state index contributed by atoms with van der Waals surface area (Å²) in [4.78, 5) is 0. The highest BCUT2D eigenvalue weighted by Crippen LogP contribution is 2.21. The summed E-state index contributed by atoms with van der Waals surface area (Å²) < 4.78 is 3.11. The van der Waals surface area contributed by atoms with Crippen molar-refractivity contribution in [2.24, 2.45) is 5.73 Å². The molecule has 1 unspecified atom stereocenters. The summed E-state index contributed by atoms with van der Waals surface area (Å²) >= 11 is 3.53. The summed E-state index contributed by atoms with van der Waals surface area (Å²) in [5.41, 5.74) is 8.01. The molecular formula is C9H16BrN3. The molecule has 4 heteroatoms. The predicted molar refractivity (Wildman–Crippen MR) is 57.7 cm³/mol. The van der Waals surface area contributed by atoms with Crippen LogP contribution in [0.1, 0.15) is 25.2 Å². The van der Waals surface area contributed by atoms with Crippen molar-refractivity contribution < 1.29 is 0 Å². The maximum absolute atomic E-state index is 5.76. The highest BCUT2D eigenvalue weighted by molar-refractivity contribution is 9.10. The second-order valence-electron chi connectivity index (χ2n) is 3.34. The third kappa shape index (κ3) is 2.31. The Morgan fingerprint density at radius 1 is 1.62 bits per heavy atom. The van der Waals surface area contributed by atoms with E-state index in [0.717, 1.165) is 23.1 Å². The molecule has 0 saturated carbocycles. The maximum atomic E-state index is 5.76. The van der Waals surface area contributed by atoms with Gasteiger partial charge in [0.1, 0.15) is 0 Å². The highest BCUT2D eigenvalue weighted by Gasteiger charge is 2.12. The van der Waals surface area contributed by atoms with E-state index in [-0.39, 0.29) is 6.04 Å². The molecule has 1 atom stereocenters. The summed E-state index contributed by atoms with van der Waals surface area (Å²) in [5, 5.41) is 4.40. The number of halogens is 1. The first-order valence-corrected chi connectivity index (χ1v) is 5.33. The fourth-order valence-corrected chi connectivity index (χ4v) is 1.81. The zero-order valence-electron chi connectivity index (χ0n) is 8.34. The summed E-state index contributed by atoms with van der Waals surface area (Å²) in [7, 11) is 0. The van der Waals surface area contributed by atoms with E-state index in [1.165, 1.54) is 5.69 Å². The van der Waals surface area contributed by atoms with E-state index in [2.05, 4.69) is 28.0 Å². The third-order valence-corrected chi connectivity index (χ3v) is 3.00. The molecule has 0 bridgehead atoms. The SMILES string of the molecule is CCn1nc(C)c(Br)c1CC(C)N. The Balaban J connectivity index is 3.01. The Kier molecular flexibility index (Phi) is 3.50. The van der Waals surface area contributed by atoms with Gasteiger partial charge in [0.15, 0.2) is 0 Å². The number of aryl methyl sites for hydroxylation is 2. The van der Waals surface area contributed by atoms with E-state index >= 15 is 0 Å². The zero-order valence-corrected chi connectivity index (χ0v) is 9.93. The Morgan fingerprint density at radius 2 is 2.23 bits per heavy atom. The van der Waals surface area contributed by atoms with Crippen molar-refractivity contribution in [2.45, 2.75) is 39.8 Å². The molecule has 0 fully saturated rings. The van der Waals surface area contributed by atoms with Gasteiger partial charge in [-0.1, -0.05) is 0 Å². The minimum atomic E-state index is 0.178. The van der Waals surface area contributed by atoms with Gasteiger partial charge < -0.3 is 5.73 Å². The summed E-state index contributed by atoms with van der Waals surface area (Å²) in [6, 6.07) is 0.178. The van der Waals surface area contributed by atoms with Crippen LogP contribution in [0.4, 0.5) is 0 Å². The Labute approximate surface area is 87.4 Å². The van der Waals surface area contributed by atoms with Gasteiger partial charge in [-0.25, -0.2) is 0 Å². The van der Waals surface area contributed by atoms with Crippen LogP contribution in [0.25, 0.3) is 0 Å². The quantitative estimate of drug-likeness (QED) is 0.884. The number of hydrogen-bond acceptors (Lipinski definition) is 2. The van der Waals surface area contributed by atoms with Crippen LogP contribution < -0.4 is 5.73 Å². The third-order valence-electron chi connectivity index (χ3n) is 1.97. The van der Waals surface area contributed by atoms with Gasteiger partial charge in [-0.05, 0) is 36.7 Å². The lowest BCUT2D eigenvalue weighted by Gasteiger charge is -2.07. The predicted octanol–water partition coefficient (Wildman–Crippen LogP) is 1.86. The van der Waals surface area contributed by atoms with Crippen molar-refractivity contribution in [3.63, 3.8) is 0 Å². The first-order chi connectivity index (χ1) is 6.06. The number of rotatable bonds is 3. The van der Waals surface area contributed by atoms with Crippen LogP contribution >= 0.6 is 15.9 Å². The van der Waals surface area contributed by atoms with Gasteiger partial charge in [-0.15, -0.1) is 0 Å². The molecule has 0 aromatic carbocycles. The molecule has 0 radical (unpaired) electrons. The summed E-state index contributed by atoms with van der Waals surface area (Å²) in [6.07, 6.45) is 0.870. The average molecular weight is 246 g/mol. The van der Waals surface area contributed by atoms with E-state index in [0.29, 0.717) is 0 Å². The smallest absolute Gasteiger partial charge is 0.0738 e. The molecule has 0 aliphatic heterocycles. The minimum Gasteiger partial charge on any atom is -0.328 e. The lowest BCUT2D eigenvalue weighted by molar-refractivity contribution is 0.591. The fraction of sp³-hybridized carbons (Fsp3) is 0.667. The number of hydrogen-bond donors (Lipinski definition) is 1. The molecule has 74 valence electrons. The fourth-order valence-electron chi connectivity index (χ4n) is 1.37. The molecule has 0 spiro atoms. The largest absolute Gasteiger partial charge is 0.328 e. The van der Waals surface area contributed by atoms with Crippen LogP contribution in [-0.2, 0) is 13.0 Å². The maximum Gasteiger partial charge on any atom is 0.0738 e. The van der Waals surface area contributed by atoms with E-state index < -0.39 is 0 Å². The molecule has 0 aliphatic rings. The Hall–Kier alpha value is -0.350. The molecule has 0 aliphatic carbocycles. The van der Waals surface area contributed by atoms with E-state index in [4.69, 9.17) is 5.73 Å². The van der Waals surface area contributed by atoms with E-state index in [9.17, 15) is 0 Å². The molecule has 0 amide bonds. The molecule has 1 rings (SSSR count). The normalized spacial score (nSPS) is 13.3. The van der Waals surface area contributed by atoms with Gasteiger partial charge in [0.2, 0.25) is 0 Å². The minimum absolute atomic E-state index is 0.178. The number of aromatic nitrogens is 2. The van der Waals surface area contributed by atoms with Gasteiger partial charge in [0, 0.05) is 19.0 Å². The van der Waals surface area contributed by atoms with Crippen LogP contribution in [0.15, 0.2) is 4.47 Å². The van der Waals surface area contributed by atoms with Crippen molar-refractivity contribution >= 4 is 15.9 Å². The molecule has 1 aromatic heterocycles. The van der Waals surface area contributed by atoms with Gasteiger partial charge in [0.25, 0.3) is 0 Å². The monoisotopic (exact) mass is 245 g/mol. The second kappa shape index (κ2) is 4.24. The van der Waals surface area contributed by atoms with Gasteiger partial charge in [-0.2, -0.15) is 5.10 Å². The second-order valence-corrected chi connectivity index (χ2v) is 4.14. The van der Waals surface area contributed by atoms with Gasteiger partial charge in [-0.3, -0.25) is 4.68 Å². The van der Waals surface area contributed by atoms with Crippen molar-refractivity contribution in [3.05, 3.63) is 15.9 Å². The highest BCUT2D eigenvalue weighted by atomic mass is 79.9. The van der Waals surface area contributed by atoms with Crippen LogP contribution in [0.5, 0.6) is 0 Å². The first kappa shape index (κ1) is 10.7. The van der Waals surface area contributed by atoms with Crippen molar-refractivity contribution in [3.8, 4) is 0 Å². The van der Waals surface area contributed by atoms with Crippen LogP contribution in [-0.4, -0.2) is 15.8 Å². The summed E-state index contributed by atoms with van der Waals surface area (Å²) in [5.74, 6) is 0. The first-order valence-electron chi connectivity index (χ1n) is 4.53. The standard InChI is InChI=1S/C9H16BrN3/c1-4-13-8(5-6(2)11)9(10)7(3)12-13/h6H,4-5,11H2,1-3H3. The molecule has 3 nitrogen and oxygen atoms in total.